The van der Waals surface area contributed by atoms with Crippen LogP contribution in [0.15, 0.2) is 60.7 Å². The van der Waals surface area contributed by atoms with Crippen LogP contribution >= 0.6 is 0 Å². The minimum absolute atomic E-state index is 0.00814. The van der Waals surface area contributed by atoms with Crippen LogP contribution in [0.1, 0.15) is 62.5 Å². The van der Waals surface area contributed by atoms with Crippen LogP contribution in [0.3, 0.4) is 0 Å². The van der Waals surface area contributed by atoms with Gasteiger partial charge in [-0.2, -0.15) is 0 Å². The summed E-state index contributed by atoms with van der Waals surface area (Å²) >= 11 is 0. The summed E-state index contributed by atoms with van der Waals surface area (Å²) in [7, 11) is 0. The number of rotatable bonds is 6. The number of aliphatic hydroxyl groups is 1. The highest BCUT2D eigenvalue weighted by atomic mass is 16.7. The zero-order valence-electron chi connectivity index (χ0n) is 19.4. The summed E-state index contributed by atoms with van der Waals surface area (Å²) in [4.78, 5) is 37.1. The molecule has 0 fully saturated rings. The maximum Gasteiger partial charge on any atom is 0.516 e. The molecule has 2 aliphatic carbocycles. The lowest BCUT2D eigenvalue weighted by Gasteiger charge is -2.29. The van der Waals surface area contributed by atoms with Crippen molar-refractivity contribution < 1.29 is 29.0 Å². The van der Waals surface area contributed by atoms with Gasteiger partial charge in [-0.25, -0.2) is 4.79 Å². The molecule has 0 saturated heterocycles. The number of aliphatic hydroxyl groups excluding tert-OH is 1. The number of hydrogen-bond acceptors (Lipinski definition) is 6. The third-order valence-electron chi connectivity index (χ3n) is 6.97. The average Bonchev–Trinajstić information content (AvgIpc) is 3.15. The first-order valence-corrected chi connectivity index (χ1v) is 11.8. The van der Waals surface area contributed by atoms with E-state index in [9.17, 15) is 19.5 Å². The molecule has 0 aromatic heterocycles. The highest BCUT2D eigenvalue weighted by Gasteiger charge is 2.34. The van der Waals surface area contributed by atoms with Gasteiger partial charge in [0.15, 0.2) is 0 Å². The van der Waals surface area contributed by atoms with Crippen LogP contribution in [-0.4, -0.2) is 35.7 Å². The Morgan fingerprint density at radius 1 is 0.971 bits per heavy atom. The Balaban J connectivity index is 1.27. The van der Waals surface area contributed by atoms with Crippen molar-refractivity contribution in [2.45, 2.75) is 57.5 Å². The second-order valence-electron chi connectivity index (χ2n) is 9.32. The molecule has 0 heterocycles. The van der Waals surface area contributed by atoms with Crippen LogP contribution in [0.2, 0.25) is 0 Å². The van der Waals surface area contributed by atoms with E-state index >= 15 is 0 Å². The Hall–Kier alpha value is -3.25. The Morgan fingerprint density at radius 3 is 2.29 bits per heavy atom. The van der Waals surface area contributed by atoms with Crippen LogP contribution in [-0.2, 0) is 19.1 Å². The molecule has 1 N–H and O–H groups in total. The largest absolute Gasteiger partial charge is 0.516 e. The molecule has 0 spiro atoms. The van der Waals surface area contributed by atoms with Crippen LogP contribution < -0.4 is 0 Å². The van der Waals surface area contributed by atoms with Crippen LogP contribution in [0.4, 0.5) is 4.79 Å². The number of ether oxygens (including phenoxy) is 2. The van der Waals surface area contributed by atoms with Gasteiger partial charge in [0.2, 0.25) is 0 Å². The molecule has 178 valence electrons. The maximum absolute atomic E-state index is 12.8. The van der Waals surface area contributed by atoms with E-state index in [1.165, 1.54) is 0 Å². The van der Waals surface area contributed by atoms with Crippen LogP contribution in [0, 0.1) is 5.41 Å². The second kappa shape index (κ2) is 10.3. The van der Waals surface area contributed by atoms with Crippen molar-refractivity contribution in [3.63, 3.8) is 0 Å². The highest BCUT2D eigenvalue weighted by molar-refractivity contribution is 5.89. The van der Waals surface area contributed by atoms with E-state index in [0.717, 1.165) is 22.3 Å². The maximum atomic E-state index is 12.8. The molecular weight excluding hydrogens is 432 g/mol. The lowest BCUT2D eigenvalue weighted by atomic mass is 9.74. The number of ketones is 1. The molecular formula is C28H30O6. The van der Waals surface area contributed by atoms with Crippen LogP contribution in [0.25, 0.3) is 11.1 Å². The molecule has 2 aromatic carbocycles. The molecule has 6 nitrogen and oxygen atoms in total. The number of hydrogen-bond donors (Lipinski definition) is 1. The smallest absolute Gasteiger partial charge is 0.433 e. The predicted octanol–water partition coefficient (Wildman–Crippen LogP) is 5.33. The molecule has 2 aliphatic rings. The third-order valence-corrected chi connectivity index (χ3v) is 6.97. The van der Waals surface area contributed by atoms with Gasteiger partial charge in [-0.1, -0.05) is 67.6 Å². The number of carbonyl (C=O) groups is 3. The quantitative estimate of drug-likeness (QED) is 0.355. The second-order valence-corrected chi connectivity index (χ2v) is 9.32. The number of Topliss-reactive ketones (excluding diaryl/α,β-unsaturated/α-hetero) is 1. The predicted molar refractivity (Wildman–Crippen MR) is 127 cm³/mol. The molecule has 0 aliphatic heterocycles. The summed E-state index contributed by atoms with van der Waals surface area (Å²) in [5.41, 5.74) is 3.76. The minimum Gasteiger partial charge on any atom is -0.433 e. The fourth-order valence-electron chi connectivity index (χ4n) is 4.90. The van der Waals surface area contributed by atoms with E-state index in [2.05, 4.69) is 0 Å². The Kier molecular flexibility index (Phi) is 7.27. The van der Waals surface area contributed by atoms with Crippen LogP contribution in [0.5, 0.6) is 0 Å². The fourth-order valence-corrected chi connectivity index (χ4v) is 4.90. The van der Waals surface area contributed by atoms with E-state index in [1.54, 1.807) is 6.08 Å². The lowest BCUT2D eigenvalue weighted by molar-refractivity contribution is -0.142. The summed E-state index contributed by atoms with van der Waals surface area (Å²) in [6.45, 7) is 1.94. The Labute approximate surface area is 199 Å². The summed E-state index contributed by atoms with van der Waals surface area (Å²) in [5.74, 6) is -0.959. The molecule has 0 radical (unpaired) electrons. The third kappa shape index (κ3) is 5.28. The standard InChI is InChI=1S/C28H30O6/c1-28(16-7-6-8-19(29)15-17-28)25(30)13-14-26(31)34-27(32)33-18-24-22-11-4-2-9-20(22)21-10-3-5-12-23(21)24/h2-6,8-12,19,24,29H,7,13-18H2,1H3/b8-6+/t19-,28+/m0/s1. The summed E-state index contributed by atoms with van der Waals surface area (Å²) in [6.07, 6.45) is 4.27. The number of allylic oxidation sites excluding steroid dienone is 1. The van der Waals surface area contributed by atoms with Gasteiger partial charge in [-0.15, -0.1) is 0 Å². The van der Waals surface area contributed by atoms with Gasteiger partial charge in [0.1, 0.15) is 12.4 Å². The average molecular weight is 463 g/mol. The van der Waals surface area contributed by atoms with Gasteiger partial charge in [0.05, 0.1) is 12.5 Å². The molecule has 0 saturated carbocycles. The van der Waals surface area contributed by atoms with E-state index in [4.69, 9.17) is 9.47 Å². The molecule has 34 heavy (non-hydrogen) atoms. The van der Waals surface area contributed by atoms with Crippen molar-refractivity contribution in [1.82, 2.24) is 0 Å². The minimum atomic E-state index is -1.05. The first-order chi connectivity index (χ1) is 16.4. The van der Waals surface area contributed by atoms with E-state index < -0.39 is 23.6 Å². The molecule has 0 amide bonds. The Morgan fingerprint density at radius 2 is 1.62 bits per heavy atom. The van der Waals surface area contributed by atoms with Gasteiger partial charge in [-0.3, -0.25) is 9.59 Å². The summed E-state index contributed by atoms with van der Waals surface area (Å²) in [6, 6.07) is 16.0. The topological polar surface area (TPSA) is 89.9 Å². The van der Waals surface area contributed by atoms with Gasteiger partial charge >= 0.3 is 12.1 Å². The summed E-state index contributed by atoms with van der Waals surface area (Å²) in [5, 5.41) is 9.86. The van der Waals surface area contributed by atoms with E-state index in [0.29, 0.717) is 25.7 Å². The van der Waals surface area contributed by atoms with Crippen molar-refractivity contribution in [2.75, 3.05) is 6.61 Å². The zero-order valence-corrected chi connectivity index (χ0v) is 19.4. The lowest BCUT2D eigenvalue weighted by Crippen LogP contribution is -2.30. The first-order valence-electron chi connectivity index (χ1n) is 11.8. The SMILES string of the molecule is C[C@@]1(C(=O)CCC(=O)OC(=O)OCC2c3ccccc3-c3ccccc32)CC/C=C/[C@H](O)CC1. The molecule has 0 unspecified atom stereocenters. The van der Waals surface area contributed by atoms with Crippen molar-refractivity contribution in [2.24, 2.45) is 5.41 Å². The molecule has 0 bridgehead atoms. The fraction of sp³-hybridized carbons (Fsp3) is 0.393. The first kappa shape index (κ1) is 23.9. The highest BCUT2D eigenvalue weighted by Crippen LogP contribution is 2.44. The number of fused-ring (bicyclic) bond motifs is 3. The van der Waals surface area contributed by atoms with Gasteiger partial charge in [0.25, 0.3) is 0 Å². The normalized spacial score (nSPS) is 22.6. The molecule has 2 atom stereocenters. The van der Waals surface area contributed by atoms with Gasteiger partial charge < -0.3 is 14.6 Å². The van der Waals surface area contributed by atoms with Gasteiger partial charge in [0, 0.05) is 17.8 Å². The Bertz CT molecular complexity index is 1060. The van der Waals surface area contributed by atoms with E-state index in [-0.39, 0.29) is 31.1 Å². The molecule has 2 aromatic rings. The van der Waals surface area contributed by atoms with Crippen molar-refractivity contribution in [3.8, 4) is 11.1 Å². The monoisotopic (exact) mass is 462 g/mol. The molecule has 4 rings (SSSR count). The van der Waals surface area contributed by atoms with E-state index in [1.807, 2.05) is 61.5 Å². The number of benzene rings is 2. The number of esters is 1. The van der Waals surface area contributed by atoms with Gasteiger partial charge in [-0.05, 0) is 47.9 Å². The molecule has 6 heteroatoms. The number of carbonyl (C=O) groups excluding carboxylic acids is 3. The van der Waals surface area contributed by atoms with Crippen molar-refractivity contribution in [1.29, 1.82) is 0 Å². The summed E-state index contributed by atoms with van der Waals surface area (Å²) < 4.78 is 10.1. The van der Waals surface area contributed by atoms with Crippen molar-refractivity contribution >= 4 is 17.9 Å². The van der Waals surface area contributed by atoms with Crippen molar-refractivity contribution in [3.05, 3.63) is 71.8 Å². The zero-order chi connectivity index (χ0) is 24.1.